The minimum absolute atomic E-state index is 0.169. The molecule has 5 nitrogen and oxygen atoms in total. The Balaban J connectivity index is 1.98. The van der Waals surface area contributed by atoms with E-state index in [0.717, 1.165) is 30.8 Å². The number of rotatable bonds is 5. The Hall–Kier alpha value is -1.78. The largest absolute Gasteiger partial charge is 0.449 e. The number of hydrogen-bond donors (Lipinski definition) is 1. The van der Waals surface area contributed by atoms with E-state index in [4.69, 9.17) is 4.74 Å². The summed E-state index contributed by atoms with van der Waals surface area (Å²) in [5.41, 5.74) is 2.44. The van der Waals surface area contributed by atoms with Crippen molar-refractivity contribution >= 4 is 11.9 Å². The van der Waals surface area contributed by atoms with Gasteiger partial charge in [0.15, 0.2) is 6.10 Å². The molecule has 1 aromatic heterocycles. The van der Waals surface area contributed by atoms with Crippen LogP contribution in [0.5, 0.6) is 0 Å². The highest BCUT2D eigenvalue weighted by molar-refractivity contribution is 5.93. The van der Waals surface area contributed by atoms with Crippen LogP contribution in [0.4, 0.5) is 0 Å². The molecule has 0 bridgehead atoms. The summed E-state index contributed by atoms with van der Waals surface area (Å²) in [6, 6.07) is 2.00. The fourth-order valence-electron chi connectivity index (χ4n) is 3.86. The number of nitrogens with one attached hydrogen (secondary N) is 1. The van der Waals surface area contributed by atoms with Crippen molar-refractivity contribution in [3.63, 3.8) is 0 Å². The molecule has 1 amide bonds. The van der Waals surface area contributed by atoms with Gasteiger partial charge in [-0.15, -0.1) is 0 Å². The van der Waals surface area contributed by atoms with Crippen LogP contribution in [0.2, 0.25) is 0 Å². The normalized spacial score (nSPS) is 24.6. The predicted molar refractivity (Wildman–Crippen MR) is 98.6 cm³/mol. The van der Waals surface area contributed by atoms with Crippen LogP contribution >= 0.6 is 0 Å². The third-order valence-corrected chi connectivity index (χ3v) is 5.80. The van der Waals surface area contributed by atoms with E-state index in [1.807, 2.05) is 26.8 Å². The molecule has 1 N–H and O–H groups in total. The van der Waals surface area contributed by atoms with Crippen LogP contribution in [-0.2, 0) is 16.1 Å². The van der Waals surface area contributed by atoms with Crippen LogP contribution in [0.3, 0.4) is 0 Å². The van der Waals surface area contributed by atoms with Crippen LogP contribution in [0.1, 0.15) is 68.7 Å². The Morgan fingerprint density at radius 3 is 2.60 bits per heavy atom. The third kappa shape index (κ3) is 4.25. The number of aromatic nitrogens is 1. The number of aryl methyl sites for hydroxylation is 1. The molecular formula is C20H32N2O3. The van der Waals surface area contributed by atoms with Crippen LogP contribution < -0.4 is 5.32 Å². The molecule has 1 saturated carbocycles. The minimum Gasteiger partial charge on any atom is -0.449 e. The standard InChI is InChI=1S/C20H32N2O3/c1-7-22-13(3)11-17(15(22)5)20(24)25-16(6)19(23)21-18-10-8-9-12(2)14(18)4/h11-12,14,16,18H,7-10H2,1-6H3,(H,21,23)/t12-,14-,16-,18-/m0/s1. The smallest absolute Gasteiger partial charge is 0.340 e. The quantitative estimate of drug-likeness (QED) is 0.827. The van der Waals surface area contributed by atoms with Crippen molar-refractivity contribution in [3.8, 4) is 0 Å². The molecule has 0 saturated heterocycles. The lowest BCUT2D eigenvalue weighted by Gasteiger charge is -2.35. The third-order valence-electron chi connectivity index (χ3n) is 5.80. The van der Waals surface area contributed by atoms with E-state index in [-0.39, 0.29) is 11.9 Å². The molecule has 1 heterocycles. The van der Waals surface area contributed by atoms with E-state index >= 15 is 0 Å². The lowest BCUT2D eigenvalue weighted by Crippen LogP contribution is -2.47. The summed E-state index contributed by atoms with van der Waals surface area (Å²) in [6.07, 6.45) is 2.55. The molecule has 1 aliphatic rings. The first-order chi connectivity index (χ1) is 11.8. The van der Waals surface area contributed by atoms with E-state index in [2.05, 4.69) is 23.7 Å². The van der Waals surface area contributed by atoms with E-state index in [0.29, 0.717) is 17.4 Å². The van der Waals surface area contributed by atoms with Gasteiger partial charge in [0.05, 0.1) is 5.56 Å². The first kappa shape index (κ1) is 19.5. The molecule has 1 aliphatic carbocycles. The van der Waals surface area contributed by atoms with Gasteiger partial charge < -0.3 is 14.6 Å². The van der Waals surface area contributed by atoms with Gasteiger partial charge in [-0.2, -0.15) is 0 Å². The fraction of sp³-hybridized carbons (Fsp3) is 0.700. The molecule has 25 heavy (non-hydrogen) atoms. The topological polar surface area (TPSA) is 60.3 Å². The highest BCUT2D eigenvalue weighted by Crippen LogP contribution is 2.29. The van der Waals surface area contributed by atoms with Crippen molar-refractivity contribution in [1.82, 2.24) is 9.88 Å². The molecule has 1 aromatic rings. The molecule has 0 aliphatic heterocycles. The summed E-state index contributed by atoms with van der Waals surface area (Å²) < 4.78 is 7.49. The van der Waals surface area contributed by atoms with E-state index < -0.39 is 12.1 Å². The number of ether oxygens (including phenoxy) is 1. The van der Waals surface area contributed by atoms with Crippen LogP contribution in [0, 0.1) is 25.7 Å². The number of hydrogen-bond acceptors (Lipinski definition) is 3. The van der Waals surface area contributed by atoms with Crippen molar-refractivity contribution in [1.29, 1.82) is 0 Å². The summed E-state index contributed by atoms with van der Waals surface area (Å²) >= 11 is 0. The molecule has 0 radical (unpaired) electrons. The molecule has 1 fully saturated rings. The Bertz CT molecular complexity index is 635. The number of nitrogens with zero attached hydrogens (tertiary/aromatic N) is 1. The summed E-state index contributed by atoms with van der Waals surface area (Å²) in [6.45, 7) is 12.8. The number of esters is 1. The van der Waals surface area contributed by atoms with Gasteiger partial charge in [-0.3, -0.25) is 4.79 Å². The second-order valence-corrected chi connectivity index (χ2v) is 7.46. The first-order valence-corrected chi connectivity index (χ1v) is 9.44. The van der Waals surface area contributed by atoms with Gasteiger partial charge in [-0.25, -0.2) is 4.79 Å². The minimum atomic E-state index is -0.790. The van der Waals surface area contributed by atoms with Crippen LogP contribution in [-0.4, -0.2) is 28.6 Å². The highest BCUT2D eigenvalue weighted by atomic mass is 16.5. The Labute approximate surface area is 151 Å². The summed E-state index contributed by atoms with van der Waals surface area (Å²) in [4.78, 5) is 24.9. The molecule has 0 unspecified atom stereocenters. The average Bonchev–Trinajstić information content (AvgIpc) is 2.85. The molecule has 0 spiro atoms. The van der Waals surface area contributed by atoms with E-state index in [1.54, 1.807) is 6.92 Å². The average molecular weight is 348 g/mol. The fourth-order valence-corrected chi connectivity index (χ4v) is 3.86. The van der Waals surface area contributed by atoms with Crippen LogP contribution in [0.15, 0.2) is 6.07 Å². The zero-order valence-electron chi connectivity index (χ0n) is 16.4. The summed E-state index contributed by atoms with van der Waals surface area (Å²) in [7, 11) is 0. The van der Waals surface area contributed by atoms with Gasteiger partial charge in [-0.1, -0.05) is 26.7 Å². The van der Waals surface area contributed by atoms with E-state index in [9.17, 15) is 9.59 Å². The van der Waals surface area contributed by atoms with Gasteiger partial charge in [0.1, 0.15) is 0 Å². The highest BCUT2D eigenvalue weighted by Gasteiger charge is 2.30. The Morgan fingerprint density at radius 2 is 2.00 bits per heavy atom. The Kier molecular flexibility index (Phi) is 6.31. The lowest BCUT2D eigenvalue weighted by molar-refractivity contribution is -0.130. The lowest BCUT2D eigenvalue weighted by atomic mass is 9.78. The van der Waals surface area contributed by atoms with Gasteiger partial charge in [0, 0.05) is 24.0 Å². The summed E-state index contributed by atoms with van der Waals surface area (Å²) in [5, 5.41) is 3.08. The molecule has 5 heteroatoms. The molecule has 4 atom stereocenters. The molecule has 140 valence electrons. The zero-order valence-corrected chi connectivity index (χ0v) is 16.4. The molecular weight excluding hydrogens is 316 g/mol. The molecule has 0 aromatic carbocycles. The van der Waals surface area contributed by atoms with Crippen molar-refractivity contribution in [3.05, 3.63) is 23.0 Å². The summed E-state index contributed by atoms with van der Waals surface area (Å²) in [5.74, 6) is 0.421. The zero-order chi connectivity index (χ0) is 18.7. The number of carbonyl (C=O) groups excluding carboxylic acids is 2. The second kappa shape index (κ2) is 8.07. The predicted octanol–water partition coefficient (Wildman–Crippen LogP) is 3.61. The molecule has 2 rings (SSSR count). The number of amides is 1. The van der Waals surface area contributed by atoms with Crippen LogP contribution in [0.25, 0.3) is 0 Å². The van der Waals surface area contributed by atoms with Gasteiger partial charge in [0.2, 0.25) is 0 Å². The van der Waals surface area contributed by atoms with Gasteiger partial charge in [0.25, 0.3) is 5.91 Å². The van der Waals surface area contributed by atoms with Gasteiger partial charge in [-0.05, 0) is 52.0 Å². The first-order valence-electron chi connectivity index (χ1n) is 9.44. The van der Waals surface area contributed by atoms with Crippen molar-refractivity contribution in [2.45, 2.75) is 79.5 Å². The maximum absolute atomic E-state index is 12.5. The maximum Gasteiger partial charge on any atom is 0.340 e. The van der Waals surface area contributed by atoms with E-state index in [1.165, 1.54) is 6.42 Å². The SMILES string of the molecule is CCn1c(C)cc(C(=O)O[C@@H](C)C(=O)N[C@H]2CCC[C@H](C)[C@@H]2C)c1C. The van der Waals surface area contributed by atoms with Crippen molar-refractivity contribution in [2.75, 3.05) is 0 Å². The monoisotopic (exact) mass is 348 g/mol. The van der Waals surface area contributed by atoms with Gasteiger partial charge >= 0.3 is 5.97 Å². The number of carbonyl (C=O) groups is 2. The maximum atomic E-state index is 12.5. The second-order valence-electron chi connectivity index (χ2n) is 7.46. The van der Waals surface area contributed by atoms with Crippen molar-refractivity contribution < 1.29 is 14.3 Å². The Morgan fingerprint density at radius 1 is 1.32 bits per heavy atom. The van der Waals surface area contributed by atoms with Crippen molar-refractivity contribution in [2.24, 2.45) is 11.8 Å².